The number of benzene rings is 10. The third-order valence-corrected chi connectivity index (χ3v) is 13.5. The molecule has 2 nitrogen and oxygen atoms in total. The van der Waals surface area contributed by atoms with Gasteiger partial charge < -0.3 is 9.32 Å². The van der Waals surface area contributed by atoms with Gasteiger partial charge in [0.2, 0.25) is 0 Å². The second-order valence-corrected chi connectivity index (χ2v) is 17.1. The van der Waals surface area contributed by atoms with E-state index in [2.05, 4.69) is 235 Å². The molecule has 296 valence electrons. The first-order valence-corrected chi connectivity index (χ1v) is 22.2. The van der Waals surface area contributed by atoms with E-state index in [-0.39, 0.29) is 0 Å². The molecule has 63 heavy (non-hydrogen) atoms. The van der Waals surface area contributed by atoms with Crippen LogP contribution in [0.15, 0.2) is 241 Å². The predicted octanol–water partition coefficient (Wildman–Crippen LogP) is 17.8. The molecule has 0 N–H and O–H groups in total. The fourth-order valence-electron chi connectivity index (χ4n) is 9.27. The molecular weight excluding hydrogens is 783 g/mol. The van der Waals surface area contributed by atoms with E-state index in [1.54, 1.807) is 0 Å². The Kier molecular flexibility index (Phi) is 9.06. The normalized spacial score (nSPS) is 11.5. The molecule has 10 aromatic carbocycles. The molecule has 0 atom stereocenters. The standard InChI is InChI=1S/C60H39NOS/c1-3-14-41(15-4-1)48-18-7-9-20-51(48)52-21-10-8-19-49(52)43-28-33-46(34-29-43)61(47-35-36-54-53-22-11-12-25-58(53)63-59(54)39-47)45-31-26-40(27-32-45)44-30-37-57-56(38-44)55-24-13-23-50(60(55)62-57)42-16-5-2-6-17-42/h1-39H. The minimum Gasteiger partial charge on any atom is -0.455 e. The minimum absolute atomic E-state index is 0.892. The van der Waals surface area contributed by atoms with E-state index in [9.17, 15) is 0 Å². The van der Waals surface area contributed by atoms with Gasteiger partial charge in [0.1, 0.15) is 11.2 Å². The first-order valence-electron chi connectivity index (χ1n) is 21.4. The number of para-hydroxylation sites is 1. The number of furan rings is 1. The largest absolute Gasteiger partial charge is 0.455 e. The Morgan fingerprint density at radius 2 is 0.778 bits per heavy atom. The quantitative estimate of drug-likeness (QED) is 0.152. The van der Waals surface area contributed by atoms with Gasteiger partial charge >= 0.3 is 0 Å². The van der Waals surface area contributed by atoms with Crippen LogP contribution in [0.25, 0.3) is 97.7 Å². The van der Waals surface area contributed by atoms with E-state index < -0.39 is 0 Å². The molecule has 12 rings (SSSR count). The zero-order valence-electron chi connectivity index (χ0n) is 34.3. The van der Waals surface area contributed by atoms with Crippen LogP contribution >= 0.6 is 11.3 Å². The Morgan fingerprint density at radius 1 is 0.286 bits per heavy atom. The lowest BCUT2D eigenvalue weighted by atomic mass is 9.89. The summed E-state index contributed by atoms with van der Waals surface area (Å²) in [4.78, 5) is 2.38. The highest BCUT2D eigenvalue weighted by atomic mass is 32.1. The van der Waals surface area contributed by atoms with Crippen LogP contribution in [0.4, 0.5) is 17.1 Å². The Labute approximate surface area is 370 Å². The Bertz CT molecular complexity index is 3600. The summed E-state index contributed by atoms with van der Waals surface area (Å²) < 4.78 is 9.08. The Balaban J connectivity index is 0.934. The van der Waals surface area contributed by atoms with Crippen molar-refractivity contribution in [1.82, 2.24) is 0 Å². The average molecular weight is 822 g/mol. The smallest absolute Gasteiger partial charge is 0.143 e. The zero-order valence-corrected chi connectivity index (χ0v) is 35.1. The van der Waals surface area contributed by atoms with E-state index in [4.69, 9.17) is 4.42 Å². The topological polar surface area (TPSA) is 16.4 Å². The summed E-state index contributed by atoms with van der Waals surface area (Å²) in [6.07, 6.45) is 0. The van der Waals surface area contributed by atoms with Gasteiger partial charge in [0.25, 0.3) is 0 Å². The summed E-state index contributed by atoms with van der Waals surface area (Å²) in [6, 6.07) is 85.3. The maximum absolute atomic E-state index is 6.51. The summed E-state index contributed by atoms with van der Waals surface area (Å²) in [5.41, 5.74) is 16.9. The monoisotopic (exact) mass is 821 g/mol. The van der Waals surface area contributed by atoms with Crippen molar-refractivity contribution < 1.29 is 4.42 Å². The third-order valence-electron chi connectivity index (χ3n) is 12.3. The molecule has 0 aliphatic heterocycles. The number of fused-ring (bicyclic) bond motifs is 6. The van der Waals surface area contributed by atoms with E-state index >= 15 is 0 Å². The van der Waals surface area contributed by atoms with Crippen molar-refractivity contribution in [3.63, 3.8) is 0 Å². The summed E-state index contributed by atoms with van der Waals surface area (Å²) in [6.45, 7) is 0. The first kappa shape index (κ1) is 36.8. The first-order chi connectivity index (χ1) is 31.2. The molecule has 0 aliphatic carbocycles. The summed E-state index contributed by atoms with van der Waals surface area (Å²) in [7, 11) is 0. The second kappa shape index (κ2) is 15.5. The fourth-order valence-corrected chi connectivity index (χ4v) is 10.4. The lowest BCUT2D eigenvalue weighted by Gasteiger charge is -2.26. The van der Waals surface area contributed by atoms with Gasteiger partial charge in [-0.25, -0.2) is 0 Å². The molecule has 0 amide bonds. The van der Waals surface area contributed by atoms with Crippen molar-refractivity contribution in [2.24, 2.45) is 0 Å². The van der Waals surface area contributed by atoms with Gasteiger partial charge in [-0.1, -0.05) is 182 Å². The van der Waals surface area contributed by atoms with Gasteiger partial charge in [0, 0.05) is 53.6 Å². The van der Waals surface area contributed by atoms with Crippen LogP contribution in [0.1, 0.15) is 0 Å². The lowest BCUT2D eigenvalue weighted by molar-refractivity contribution is 0.670. The van der Waals surface area contributed by atoms with Crippen LogP contribution in [0.2, 0.25) is 0 Å². The molecule has 2 aromatic heterocycles. The number of hydrogen-bond donors (Lipinski definition) is 0. The van der Waals surface area contributed by atoms with E-state index in [0.29, 0.717) is 0 Å². The number of anilines is 3. The van der Waals surface area contributed by atoms with Crippen LogP contribution in [0, 0.1) is 0 Å². The highest BCUT2D eigenvalue weighted by Crippen LogP contribution is 2.44. The molecule has 0 spiro atoms. The van der Waals surface area contributed by atoms with Crippen molar-refractivity contribution >= 4 is 70.5 Å². The van der Waals surface area contributed by atoms with Crippen molar-refractivity contribution in [3.05, 3.63) is 237 Å². The second-order valence-electron chi connectivity index (χ2n) is 16.0. The van der Waals surface area contributed by atoms with E-state index in [0.717, 1.165) is 61.3 Å². The van der Waals surface area contributed by atoms with Crippen LogP contribution < -0.4 is 4.90 Å². The van der Waals surface area contributed by atoms with E-state index in [1.165, 1.54) is 53.6 Å². The Morgan fingerprint density at radius 3 is 1.46 bits per heavy atom. The van der Waals surface area contributed by atoms with Crippen molar-refractivity contribution in [3.8, 4) is 55.6 Å². The zero-order chi connectivity index (χ0) is 41.7. The molecule has 0 radical (unpaired) electrons. The molecule has 0 fully saturated rings. The van der Waals surface area contributed by atoms with Crippen molar-refractivity contribution in [2.45, 2.75) is 0 Å². The number of nitrogens with zero attached hydrogens (tertiary/aromatic N) is 1. The molecule has 0 bridgehead atoms. The van der Waals surface area contributed by atoms with Gasteiger partial charge in [-0.3, -0.25) is 0 Å². The molecule has 12 aromatic rings. The molecule has 0 unspecified atom stereocenters. The molecular formula is C60H39NOS. The highest BCUT2D eigenvalue weighted by Gasteiger charge is 2.18. The molecule has 0 saturated heterocycles. The molecule has 2 heterocycles. The van der Waals surface area contributed by atoms with Crippen LogP contribution in [0.3, 0.4) is 0 Å². The fraction of sp³-hybridized carbons (Fsp3) is 0. The average Bonchev–Trinajstić information content (AvgIpc) is 3.93. The van der Waals surface area contributed by atoms with Gasteiger partial charge in [0.15, 0.2) is 0 Å². The maximum atomic E-state index is 6.51. The maximum Gasteiger partial charge on any atom is 0.143 e. The molecule has 0 aliphatic rings. The summed E-state index contributed by atoms with van der Waals surface area (Å²) >= 11 is 1.85. The Hall–Kier alpha value is -7.98. The van der Waals surface area contributed by atoms with Gasteiger partial charge in [-0.05, 0) is 105 Å². The van der Waals surface area contributed by atoms with Crippen LogP contribution in [-0.4, -0.2) is 0 Å². The minimum atomic E-state index is 0.892. The summed E-state index contributed by atoms with van der Waals surface area (Å²) in [5, 5.41) is 4.83. The van der Waals surface area contributed by atoms with Crippen molar-refractivity contribution in [2.75, 3.05) is 4.90 Å². The van der Waals surface area contributed by atoms with Gasteiger partial charge in [0.05, 0.1) is 0 Å². The summed E-state index contributed by atoms with van der Waals surface area (Å²) in [5.74, 6) is 0. The van der Waals surface area contributed by atoms with Crippen molar-refractivity contribution in [1.29, 1.82) is 0 Å². The lowest BCUT2D eigenvalue weighted by Crippen LogP contribution is -2.09. The predicted molar refractivity (Wildman–Crippen MR) is 268 cm³/mol. The van der Waals surface area contributed by atoms with Crippen LogP contribution in [-0.2, 0) is 0 Å². The molecule has 3 heteroatoms. The van der Waals surface area contributed by atoms with Crippen LogP contribution in [0.5, 0.6) is 0 Å². The third kappa shape index (κ3) is 6.58. The SMILES string of the molecule is c1ccc(-c2ccccc2-c2ccccc2-c2ccc(N(c3ccc(-c4ccc5oc6c(-c7ccccc7)cccc6c5c4)cc3)c3ccc4c(c3)sc3ccccc34)cc2)cc1. The van der Waals surface area contributed by atoms with Gasteiger partial charge in [-0.15, -0.1) is 11.3 Å². The van der Waals surface area contributed by atoms with E-state index in [1.807, 2.05) is 17.4 Å². The number of rotatable bonds is 8. The number of thiophene rings is 1. The van der Waals surface area contributed by atoms with Gasteiger partial charge in [-0.2, -0.15) is 0 Å². The highest BCUT2D eigenvalue weighted by molar-refractivity contribution is 7.25. The number of hydrogen-bond acceptors (Lipinski definition) is 3. The molecule has 0 saturated carbocycles.